The molecule has 0 aromatic heterocycles. The summed E-state index contributed by atoms with van der Waals surface area (Å²) in [7, 11) is 0. The van der Waals surface area contributed by atoms with Gasteiger partial charge in [-0.1, -0.05) is 18.2 Å². The number of hydrogen-bond acceptors (Lipinski definition) is 2. The number of nitrogens with zero attached hydrogens (tertiary/aromatic N) is 1. The van der Waals surface area contributed by atoms with Gasteiger partial charge in [-0.25, -0.2) is 0 Å². The van der Waals surface area contributed by atoms with Crippen LogP contribution in [-0.4, -0.2) is 22.5 Å². The summed E-state index contributed by atoms with van der Waals surface area (Å²) in [5.74, 6) is 0.690. The maximum absolute atomic E-state index is 11.9. The first kappa shape index (κ1) is 11.7. The Morgan fingerprint density at radius 3 is 2.65 bits per heavy atom. The van der Waals surface area contributed by atoms with E-state index in [1.165, 1.54) is 0 Å². The van der Waals surface area contributed by atoms with Crippen molar-refractivity contribution in [2.45, 2.75) is 19.4 Å². The van der Waals surface area contributed by atoms with Crippen molar-refractivity contribution >= 4 is 5.91 Å². The standard InChI is InChI=1S/C14H17NO2/c1-3-11-8-14(17)15(9-11)10(2)12-4-6-13(16)7-5-12/h3-7,10-11,16H,1,8-9H2,2H3. The molecule has 1 N–H and O–H groups in total. The van der Waals surface area contributed by atoms with E-state index in [9.17, 15) is 9.90 Å². The van der Waals surface area contributed by atoms with E-state index in [1.807, 2.05) is 30.0 Å². The highest BCUT2D eigenvalue weighted by atomic mass is 16.3. The van der Waals surface area contributed by atoms with Crippen molar-refractivity contribution < 1.29 is 9.90 Å². The Hall–Kier alpha value is -1.77. The van der Waals surface area contributed by atoms with Gasteiger partial charge in [0.1, 0.15) is 5.75 Å². The average Bonchev–Trinajstić information content (AvgIpc) is 2.71. The van der Waals surface area contributed by atoms with Crippen LogP contribution >= 0.6 is 0 Å². The molecule has 1 saturated heterocycles. The van der Waals surface area contributed by atoms with Crippen molar-refractivity contribution in [2.75, 3.05) is 6.54 Å². The molecule has 0 saturated carbocycles. The minimum atomic E-state index is 0.0491. The minimum Gasteiger partial charge on any atom is -0.508 e. The van der Waals surface area contributed by atoms with Crippen molar-refractivity contribution in [2.24, 2.45) is 5.92 Å². The van der Waals surface area contributed by atoms with Crippen LogP contribution < -0.4 is 0 Å². The van der Waals surface area contributed by atoms with Gasteiger partial charge in [0, 0.05) is 18.9 Å². The van der Waals surface area contributed by atoms with E-state index in [0.29, 0.717) is 6.42 Å². The SMILES string of the molecule is C=CC1CC(=O)N(C(C)c2ccc(O)cc2)C1. The lowest BCUT2D eigenvalue weighted by Crippen LogP contribution is -2.28. The molecule has 0 spiro atoms. The van der Waals surface area contributed by atoms with Crippen molar-refractivity contribution in [3.8, 4) is 5.75 Å². The number of hydrogen-bond donors (Lipinski definition) is 1. The molecule has 1 aliphatic rings. The Morgan fingerprint density at radius 2 is 2.12 bits per heavy atom. The fourth-order valence-corrected chi connectivity index (χ4v) is 2.23. The Balaban J connectivity index is 2.15. The molecule has 1 aromatic rings. The number of phenolic OH excluding ortho intramolecular Hbond substituents is 1. The molecule has 2 unspecified atom stereocenters. The van der Waals surface area contributed by atoms with E-state index in [2.05, 4.69) is 6.58 Å². The number of carbonyl (C=O) groups is 1. The fourth-order valence-electron chi connectivity index (χ4n) is 2.23. The van der Waals surface area contributed by atoms with Crippen molar-refractivity contribution in [3.05, 3.63) is 42.5 Å². The molecule has 17 heavy (non-hydrogen) atoms. The van der Waals surface area contributed by atoms with Crippen LogP contribution in [0.2, 0.25) is 0 Å². The molecule has 0 radical (unpaired) electrons. The third-order valence-corrected chi connectivity index (χ3v) is 3.36. The normalized spacial score (nSPS) is 21.6. The fraction of sp³-hybridized carbons (Fsp3) is 0.357. The largest absolute Gasteiger partial charge is 0.508 e. The Kier molecular flexibility index (Phi) is 3.18. The number of benzene rings is 1. The number of aromatic hydroxyl groups is 1. The smallest absolute Gasteiger partial charge is 0.223 e. The molecule has 1 amide bonds. The summed E-state index contributed by atoms with van der Waals surface area (Å²) >= 11 is 0. The number of amides is 1. The van der Waals surface area contributed by atoms with Gasteiger partial charge in [-0.15, -0.1) is 6.58 Å². The third-order valence-electron chi connectivity index (χ3n) is 3.36. The van der Waals surface area contributed by atoms with Crippen LogP contribution in [0.4, 0.5) is 0 Å². The monoisotopic (exact) mass is 231 g/mol. The number of rotatable bonds is 3. The molecule has 1 aromatic carbocycles. The van der Waals surface area contributed by atoms with Crippen molar-refractivity contribution in [1.82, 2.24) is 4.90 Å². The van der Waals surface area contributed by atoms with E-state index in [1.54, 1.807) is 12.1 Å². The molecule has 3 heteroatoms. The van der Waals surface area contributed by atoms with Crippen molar-refractivity contribution in [1.29, 1.82) is 0 Å². The average molecular weight is 231 g/mol. The van der Waals surface area contributed by atoms with Gasteiger partial charge in [-0.2, -0.15) is 0 Å². The lowest BCUT2D eigenvalue weighted by molar-refractivity contribution is -0.129. The van der Waals surface area contributed by atoms with Crippen LogP contribution in [0.15, 0.2) is 36.9 Å². The van der Waals surface area contributed by atoms with Gasteiger partial charge in [0.2, 0.25) is 5.91 Å². The summed E-state index contributed by atoms with van der Waals surface area (Å²) < 4.78 is 0. The quantitative estimate of drug-likeness (QED) is 0.812. The van der Waals surface area contributed by atoms with Gasteiger partial charge in [0.05, 0.1) is 6.04 Å². The molecule has 0 bridgehead atoms. The van der Waals surface area contributed by atoms with Crippen LogP contribution in [0.1, 0.15) is 24.9 Å². The number of likely N-dealkylation sites (tertiary alicyclic amines) is 1. The Bertz CT molecular complexity index is 424. The molecular weight excluding hydrogens is 214 g/mol. The van der Waals surface area contributed by atoms with Crippen LogP contribution in [0.5, 0.6) is 5.75 Å². The predicted molar refractivity (Wildman–Crippen MR) is 66.5 cm³/mol. The van der Waals surface area contributed by atoms with Gasteiger partial charge >= 0.3 is 0 Å². The van der Waals surface area contributed by atoms with E-state index in [0.717, 1.165) is 12.1 Å². The van der Waals surface area contributed by atoms with Gasteiger partial charge in [-0.05, 0) is 24.6 Å². The highest BCUT2D eigenvalue weighted by molar-refractivity contribution is 5.79. The van der Waals surface area contributed by atoms with Crippen LogP contribution in [-0.2, 0) is 4.79 Å². The van der Waals surface area contributed by atoms with Crippen molar-refractivity contribution in [3.63, 3.8) is 0 Å². The molecule has 2 rings (SSSR count). The summed E-state index contributed by atoms with van der Waals surface area (Å²) in [5.41, 5.74) is 1.04. The van der Waals surface area contributed by atoms with Crippen LogP contribution in [0.3, 0.4) is 0 Å². The Morgan fingerprint density at radius 1 is 1.47 bits per heavy atom. The third kappa shape index (κ3) is 2.33. The summed E-state index contributed by atoms with van der Waals surface area (Å²) in [6, 6.07) is 7.06. The first-order chi connectivity index (χ1) is 8.11. The minimum absolute atomic E-state index is 0.0491. The molecule has 0 aliphatic carbocycles. The van der Waals surface area contributed by atoms with E-state index in [-0.39, 0.29) is 23.6 Å². The second kappa shape index (κ2) is 4.62. The van der Waals surface area contributed by atoms with Crippen LogP contribution in [0, 0.1) is 5.92 Å². The summed E-state index contributed by atoms with van der Waals surface area (Å²) in [6.07, 6.45) is 2.41. The molecule has 3 nitrogen and oxygen atoms in total. The first-order valence-electron chi connectivity index (χ1n) is 5.82. The summed E-state index contributed by atoms with van der Waals surface area (Å²) in [4.78, 5) is 13.7. The maximum atomic E-state index is 11.9. The lowest BCUT2D eigenvalue weighted by Gasteiger charge is -2.25. The highest BCUT2D eigenvalue weighted by Crippen LogP contribution is 2.29. The Labute approximate surface area is 101 Å². The van der Waals surface area contributed by atoms with Gasteiger partial charge in [-0.3, -0.25) is 4.79 Å². The van der Waals surface area contributed by atoms with Gasteiger partial charge < -0.3 is 10.0 Å². The second-order valence-electron chi connectivity index (χ2n) is 4.51. The zero-order chi connectivity index (χ0) is 12.4. The number of phenols is 1. The van der Waals surface area contributed by atoms with Gasteiger partial charge in [0.15, 0.2) is 0 Å². The topological polar surface area (TPSA) is 40.5 Å². The summed E-state index contributed by atoms with van der Waals surface area (Å²) in [5, 5.41) is 9.24. The molecule has 1 fully saturated rings. The molecule has 90 valence electrons. The zero-order valence-corrected chi connectivity index (χ0v) is 9.97. The zero-order valence-electron chi connectivity index (χ0n) is 9.97. The van der Waals surface area contributed by atoms with Crippen LogP contribution in [0.25, 0.3) is 0 Å². The van der Waals surface area contributed by atoms with Gasteiger partial charge in [0.25, 0.3) is 0 Å². The molecule has 1 aliphatic heterocycles. The molecule has 2 atom stereocenters. The first-order valence-corrected chi connectivity index (χ1v) is 5.82. The van der Waals surface area contributed by atoms with E-state index >= 15 is 0 Å². The second-order valence-corrected chi connectivity index (χ2v) is 4.51. The molecule has 1 heterocycles. The summed E-state index contributed by atoms with van der Waals surface area (Å²) in [6.45, 7) is 6.49. The lowest BCUT2D eigenvalue weighted by atomic mass is 10.1. The highest BCUT2D eigenvalue weighted by Gasteiger charge is 2.31. The maximum Gasteiger partial charge on any atom is 0.223 e. The predicted octanol–water partition coefficient (Wildman–Crippen LogP) is 2.49. The molecular formula is C14H17NO2. The number of carbonyl (C=O) groups excluding carboxylic acids is 1. The van der Waals surface area contributed by atoms with E-state index < -0.39 is 0 Å². The van der Waals surface area contributed by atoms with E-state index in [4.69, 9.17) is 0 Å².